The molecule has 0 saturated carbocycles. The second-order valence-electron chi connectivity index (χ2n) is 3.78. The summed E-state index contributed by atoms with van der Waals surface area (Å²) in [5.74, 6) is 0.204. The van der Waals surface area contributed by atoms with Gasteiger partial charge in [0.1, 0.15) is 11.4 Å². The summed E-state index contributed by atoms with van der Waals surface area (Å²) < 4.78 is 5.06. The standard InChI is InChI=1S/C12H6Cl2N4O2/c13-6-4-7(14)9(16-5-6)11-17-12(20-18-11)10-8(19)2-1-3-15-10/h1-5,19H. The fraction of sp³-hybridized carbons (Fsp3) is 0. The molecule has 0 radical (unpaired) electrons. The van der Waals surface area contributed by atoms with Gasteiger partial charge in [0.05, 0.1) is 10.0 Å². The zero-order chi connectivity index (χ0) is 14.1. The van der Waals surface area contributed by atoms with Crippen molar-refractivity contribution in [2.45, 2.75) is 0 Å². The first-order chi connectivity index (χ1) is 9.65. The van der Waals surface area contributed by atoms with Crippen LogP contribution in [0.5, 0.6) is 5.75 Å². The topological polar surface area (TPSA) is 84.9 Å². The molecular weight excluding hydrogens is 303 g/mol. The van der Waals surface area contributed by atoms with Crippen LogP contribution in [0.3, 0.4) is 0 Å². The fourth-order valence-electron chi connectivity index (χ4n) is 1.56. The maximum atomic E-state index is 9.69. The third-order valence-corrected chi connectivity index (χ3v) is 2.93. The number of aromatic hydroxyl groups is 1. The monoisotopic (exact) mass is 308 g/mol. The Bertz CT molecular complexity index is 776. The Kier molecular flexibility index (Phi) is 3.25. The van der Waals surface area contributed by atoms with Crippen LogP contribution in [-0.2, 0) is 0 Å². The third kappa shape index (κ3) is 2.31. The Morgan fingerprint density at radius 1 is 1.15 bits per heavy atom. The molecule has 3 rings (SSSR count). The van der Waals surface area contributed by atoms with Crippen molar-refractivity contribution in [2.24, 2.45) is 0 Å². The first-order valence-electron chi connectivity index (χ1n) is 5.44. The van der Waals surface area contributed by atoms with E-state index < -0.39 is 0 Å². The van der Waals surface area contributed by atoms with Gasteiger partial charge in [-0.2, -0.15) is 4.98 Å². The molecule has 0 fully saturated rings. The Morgan fingerprint density at radius 3 is 2.75 bits per heavy atom. The van der Waals surface area contributed by atoms with Crippen molar-refractivity contribution in [1.29, 1.82) is 0 Å². The quantitative estimate of drug-likeness (QED) is 0.782. The summed E-state index contributed by atoms with van der Waals surface area (Å²) in [6, 6.07) is 4.59. The summed E-state index contributed by atoms with van der Waals surface area (Å²) in [5.41, 5.74) is 0.526. The Morgan fingerprint density at radius 2 is 2.00 bits per heavy atom. The highest BCUT2D eigenvalue weighted by Crippen LogP contribution is 2.29. The Labute approximate surface area is 123 Å². The number of aromatic nitrogens is 4. The zero-order valence-electron chi connectivity index (χ0n) is 9.79. The molecule has 0 spiro atoms. The molecule has 0 aromatic carbocycles. The van der Waals surface area contributed by atoms with Gasteiger partial charge in [0.15, 0.2) is 5.69 Å². The summed E-state index contributed by atoms with van der Waals surface area (Å²) >= 11 is 11.8. The molecular formula is C12H6Cl2N4O2. The number of hydrogen-bond acceptors (Lipinski definition) is 6. The first-order valence-corrected chi connectivity index (χ1v) is 6.20. The van der Waals surface area contributed by atoms with Crippen LogP contribution in [0.2, 0.25) is 10.0 Å². The molecule has 8 heteroatoms. The van der Waals surface area contributed by atoms with E-state index in [9.17, 15) is 5.11 Å². The number of rotatable bonds is 2. The molecule has 3 aromatic rings. The van der Waals surface area contributed by atoms with Gasteiger partial charge in [0.2, 0.25) is 5.82 Å². The van der Waals surface area contributed by atoms with E-state index in [0.29, 0.717) is 15.7 Å². The van der Waals surface area contributed by atoms with Crippen LogP contribution in [0.1, 0.15) is 0 Å². The minimum Gasteiger partial charge on any atom is -0.505 e. The third-order valence-electron chi connectivity index (χ3n) is 2.43. The molecule has 20 heavy (non-hydrogen) atoms. The summed E-state index contributed by atoms with van der Waals surface area (Å²) in [4.78, 5) is 12.1. The van der Waals surface area contributed by atoms with Gasteiger partial charge in [-0.1, -0.05) is 28.4 Å². The second kappa shape index (κ2) is 5.07. The van der Waals surface area contributed by atoms with E-state index in [1.807, 2.05) is 0 Å². The molecule has 0 bridgehead atoms. The Balaban J connectivity index is 2.04. The van der Waals surface area contributed by atoms with Crippen molar-refractivity contribution in [1.82, 2.24) is 20.1 Å². The maximum absolute atomic E-state index is 9.69. The van der Waals surface area contributed by atoms with E-state index in [2.05, 4.69) is 20.1 Å². The van der Waals surface area contributed by atoms with Crippen LogP contribution in [0.15, 0.2) is 35.1 Å². The van der Waals surface area contributed by atoms with Crippen molar-refractivity contribution in [3.05, 3.63) is 40.6 Å². The number of nitrogens with zero attached hydrogens (tertiary/aromatic N) is 4. The predicted molar refractivity (Wildman–Crippen MR) is 72.4 cm³/mol. The van der Waals surface area contributed by atoms with Gasteiger partial charge in [-0.3, -0.25) is 0 Å². The highest BCUT2D eigenvalue weighted by molar-refractivity contribution is 6.35. The highest BCUT2D eigenvalue weighted by atomic mass is 35.5. The summed E-state index contributed by atoms with van der Waals surface area (Å²) in [7, 11) is 0. The molecule has 0 aliphatic rings. The molecule has 0 atom stereocenters. The van der Waals surface area contributed by atoms with E-state index in [1.165, 1.54) is 24.5 Å². The average molecular weight is 309 g/mol. The van der Waals surface area contributed by atoms with Gasteiger partial charge >= 0.3 is 0 Å². The largest absolute Gasteiger partial charge is 0.505 e. The predicted octanol–water partition coefficient (Wildman–Crippen LogP) is 3.21. The van der Waals surface area contributed by atoms with Crippen molar-refractivity contribution >= 4 is 23.2 Å². The van der Waals surface area contributed by atoms with Crippen molar-refractivity contribution < 1.29 is 9.63 Å². The Hall–Kier alpha value is -2.18. The lowest BCUT2D eigenvalue weighted by Crippen LogP contribution is -1.88. The van der Waals surface area contributed by atoms with E-state index in [0.717, 1.165) is 0 Å². The SMILES string of the molecule is Oc1cccnc1-c1nc(-c2ncc(Cl)cc2Cl)no1. The molecule has 0 unspecified atom stereocenters. The lowest BCUT2D eigenvalue weighted by Gasteiger charge is -1.97. The first kappa shape index (κ1) is 12.8. The molecule has 6 nitrogen and oxygen atoms in total. The van der Waals surface area contributed by atoms with Gasteiger partial charge in [0.25, 0.3) is 5.89 Å². The number of pyridine rings is 2. The lowest BCUT2D eigenvalue weighted by atomic mass is 10.3. The summed E-state index contributed by atoms with van der Waals surface area (Å²) in [6.45, 7) is 0. The molecule has 3 heterocycles. The van der Waals surface area contributed by atoms with Gasteiger partial charge in [-0.15, -0.1) is 0 Å². The number of halogens is 2. The normalized spacial score (nSPS) is 10.7. The molecule has 100 valence electrons. The minimum absolute atomic E-state index is 0.0575. The molecule has 0 aliphatic heterocycles. The van der Waals surface area contributed by atoms with Crippen LogP contribution in [0.25, 0.3) is 23.1 Å². The molecule has 0 aliphatic carbocycles. The summed E-state index contributed by atoms with van der Waals surface area (Å²) in [6.07, 6.45) is 2.93. The van der Waals surface area contributed by atoms with Crippen molar-refractivity contribution in [2.75, 3.05) is 0 Å². The summed E-state index contributed by atoms with van der Waals surface area (Å²) in [5, 5.41) is 14.2. The zero-order valence-corrected chi connectivity index (χ0v) is 11.3. The van der Waals surface area contributed by atoms with Crippen LogP contribution in [-0.4, -0.2) is 25.2 Å². The van der Waals surface area contributed by atoms with Crippen LogP contribution < -0.4 is 0 Å². The molecule has 1 N–H and O–H groups in total. The van der Waals surface area contributed by atoms with Gasteiger partial charge in [-0.05, 0) is 18.2 Å². The van der Waals surface area contributed by atoms with E-state index >= 15 is 0 Å². The molecule has 0 saturated heterocycles. The van der Waals surface area contributed by atoms with Gasteiger partial charge in [0, 0.05) is 12.4 Å². The van der Waals surface area contributed by atoms with Crippen LogP contribution in [0, 0.1) is 0 Å². The highest BCUT2D eigenvalue weighted by Gasteiger charge is 2.17. The maximum Gasteiger partial charge on any atom is 0.280 e. The smallest absolute Gasteiger partial charge is 0.280 e. The number of hydrogen-bond donors (Lipinski definition) is 1. The molecule has 0 amide bonds. The van der Waals surface area contributed by atoms with Gasteiger partial charge in [-0.25, -0.2) is 9.97 Å². The minimum atomic E-state index is -0.0575. The van der Waals surface area contributed by atoms with E-state index in [1.54, 1.807) is 6.07 Å². The van der Waals surface area contributed by atoms with Crippen LogP contribution >= 0.6 is 23.2 Å². The van der Waals surface area contributed by atoms with Crippen molar-refractivity contribution in [3.8, 4) is 28.9 Å². The van der Waals surface area contributed by atoms with E-state index in [4.69, 9.17) is 27.7 Å². The second-order valence-corrected chi connectivity index (χ2v) is 4.62. The lowest BCUT2D eigenvalue weighted by molar-refractivity contribution is 0.423. The van der Waals surface area contributed by atoms with Crippen molar-refractivity contribution in [3.63, 3.8) is 0 Å². The molecule has 3 aromatic heterocycles. The fourth-order valence-corrected chi connectivity index (χ4v) is 2.02. The van der Waals surface area contributed by atoms with Gasteiger partial charge < -0.3 is 9.63 Å². The average Bonchev–Trinajstić information content (AvgIpc) is 2.88. The van der Waals surface area contributed by atoms with Crippen LogP contribution in [0.4, 0.5) is 0 Å². The van der Waals surface area contributed by atoms with E-state index in [-0.39, 0.29) is 23.2 Å².